The zero-order chi connectivity index (χ0) is 17.4. The minimum atomic E-state index is 0.0992. The van der Waals surface area contributed by atoms with E-state index in [0.717, 1.165) is 38.2 Å². The van der Waals surface area contributed by atoms with Crippen molar-refractivity contribution < 1.29 is 14.6 Å². The topological polar surface area (TPSA) is 61.8 Å². The Bertz CT molecular complexity index is 511. The number of aliphatic hydroxyl groups excluding tert-OH is 1. The van der Waals surface area contributed by atoms with Gasteiger partial charge in [-0.15, -0.1) is 0 Å². The number of rotatable bonds is 8. The first-order chi connectivity index (χ1) is 11.6. The van der Waals surface area contributed by atoms with Crippen LogP contribution in [0.25, 0.3) is 0 Å². The molecule has 0 aliphatic carbocycles. The summed E-state index contributed by atoms with van der Waals surface area (Å²) >= 11 is 0. The van der Waals surface area contributed by atoms with Gasteiger partial charge in [0.25, 0.3) is 0 Å². The van der Waals surface area contributed by atoms with Crippen molar-refractivity contribution in [2.75, 3.05) is 26.2 Å². The molecule has 0 bridgehead atoms. The molecule has 0 unspecified atom stereocenters. The van der Waals surface area contributed by atoms with Crippen LogP contribution >= 0.6 is 0 Å². The van der Waals surface area contributed by atoms with Gasteiger partial charge in [-0.3, -0.25) is 9.69 Å². The molecule has 2 N–H and O–H groups in total. The van der Waals surface area contributed by atoms with E-state index >= 15 is 0 Å². The van der Waals surface area contributed by atoms with Crippen LogP contribution in [-0.4, -0.2) is 48.3 Å². The van der Waals surface area contributed by atoms with Gasteiger partial charge in [0.1, 0.15) is 5.75 Å². The summed E-state index contributed by atoms with van der Waals surface area (Å²) in [5, 5.41) is 11.7. The third-order valence-corrected chi connectivity index (χ3v) is 4.32. The molecule has 1 amide bonds. The second kappa shape index (κ2) is 9.64. The number of ether oxygens (including phenoxy) is 1. The first kappa shape index (κ1) is 18.7. The fourth-order valence-corrected chi connectivity index (χ4v) is 3.03. The number of hydrogen-bond acceptors (Lipinski definition) is 4. The largest absolute Gasteiger partial charge is 0.491 e. The van der Waals surface area contributed by atoms with Crippen molar-refractivity contribution in [3.63, 3.8) is 0 Å². The molecule has 5 heteroatoms. The van der Waals surface area contributed by atoms with Crippen molar-refractivity contribution in [2.24, 2.45) is 5.92 Å². The van der Waals surface area contributed by atoms with E-state index in [-0.39, 0.29) is 24.5 Å². The molecule has 0 aromatic heterocycles. The molecular weight excluding hydrogens is 304 g/mol. The number of likely N-dealkylation sites (tertiary alicyclic amines) is 1. The van der Waals surface area contributed by atoms with Crippen LogP contribution in [0.4, 0.5) is 0 Å². The van der Waals surface area contributed by atoms with Crippen LogP contribution in [0.2, 0.25) is 0 Å². The van der Waals surface area contributed by atoms with E-state index in [9.17, 15) is 4.79 Å². The normalized spacial score (nSPS) is 16.3. The van der Waals surface area contributed by atoms with Gasteiger partial charge in [0, 0.05) is 31.2 Å². The minimum Gasteiger partial charge on any atom is -0.491 e. The summed E-state index contributed by atoms with van der Waals surface area (Å²) in [6, 6.07) is 8.19. The Balaban J connectivity index is 1.82. The predicted molar refractivity (Wildman–Crippen MR) is 94.9 cm³/mol. The van der Waals surface area contributed by atoms with Gasteiger partial charge in [0.05, 0.1) is 6.10 Å². The maximum Gasteiger partial charge on any atom is 0.223 e. The lowest BCUT2D eigenvalue weighted by Crippen LogP contribution is -2.40. The molecular formula is C19H30N2O3. The highest BCUT2D eigenvalue weighted by atomic mass is 16.5. The Morgan fingerprint density at radius 2 is 2.04 bits per heavy atom. The van der Waals surface area contributed by atoms with E-state index in [1.54, 1.807) is 0 Å². The molecule has 1 aromatic rings. The quantitative estimate of drug-likeness (QED) is 0.716. The Labute approximate surface area is 145 Å². The molecule has 1 heterocycles. The fourth-order valence-electron chi connectivity index (χ4n) is 3.03. The van der Waals surface area contributed by atoms with Gasteiger partial charge in [-0.2, -0.15) is 0 Å². The lowest BCUT2D eigenvalue weighted by molar-refractivity contribution is -0.126. The molecule has 0 spiro atoms. The van der Waals surface area contributed by atoms with Crippen molar-refractivity contribution >= 4 is 5.91 Å². The highest BCUT2D eigenvalue weighted by Crippen LogP contribution is 2.24. The van der Waals surface area contributed by atoms with Crippen molar-refractivity contribution in [3.8, 4) is 5.75 Å². The maximum atomic E-state index is 12.1. The lowest BCUT2D eigenvalue weighted by atomic mass is 9.95. The summed E-state index contributed by atoms with van der Waals surface area (Å²) in [6.45, 7) is 7.48. The van der Waals surface area contributed by atoms with Crippen molar-refractivity contribution in [1.82, 2.24) is 10.2 Å². The summed E-state index contributed by atoms with van der Waals surface area (Å²) in [4.78, 5) is 14.5. The maximum absolute atomic E-state index is 12.1. The van der Waals surface area contributed by atoms with Gasteiger partial charge in [0.2, 0.25) is 5.91 Å². The summed E-state index contributed by atoms with van der Waals surface area (Å²) in [6.07, 6.45) is 2.56. The van der Waals surface area contributed by atoms with Gasteiger partial charge in [-0.1, -0.05) is 18.2 Å². The summed E-state index contributed by atoms with van der Waals surface area (Å²) in [5.74, 6) is 1.19. The average molecular weight is 334 g/mol. The molecule has 1 saturated heterocycles. The zero-order valence-corrected chi connectivity index (χ0v) is 14.8. The molecule has 134 valence electrons. The van der Waals surface area contributed by atoms with Crippen LogP contribution in [0.3, 0.4) is 0 Å². The highest BCUT2D eigenvalue weighted by Gasteiger charge is 2.25. The second-order valence-corrected chi connectivity index (χ2v) is 6.69. The first-order valence-electron chi connectivity index (χ1n) is 8.95. The van der Waals surface area contributed by atoms with Gasteiger partial charge >= 0.3 is 0 Å². The molecule has 1 fully saturated rings. The minimum absolute atomic E-state index is 0.0992. The van der Waals surface area contributed by atoms with E-state index < -0.39 is 0 Å². The Hall–Kier alpha value is -1.59. The van der Waals surface area contributed by atoms with Crippen molar-refractivity contribution in [2.45, 2.75) is 45.8 Å². The van der Waals surface area contributed by atoms with Crippen LogP contribution in [-0.2, 0) is 11.3 Å². The van der Waals surface area contributed by atoms with E-state index in [1.165, 1.54) is 5.56 Å². The number of para-hydroxylation sites is 1. The van der Waals surface area contributed by atoms with E-state index in [1.807, 2.05) is 32.0 Å². The summed E-state index contributed by atoms with van der Waals surface area (Å²) in [7, 11) is 0. The molecule has 1 aliphatic rings. The van der Waals surface area contributed by atoms with E-state index in [0.29, 0.717) is 13.0 Å². The predicted octanol–water partition coefficient (Wildman–Crippen LogP) is 2.18. The standard InChI is InChI=1S/C19H30N2O3/c1-15(2)24-18-7-4-3-6-17(18)14-21-11-8-16(9-12-21)19(23)20-10-5-13-22/h3-4,6-7,15-16,22H,5,8-14H2,1-2H3,(H,20,23). The molecule has 2 rings (SSSR count). The van der Waals surface area contributed by atoms with Crippen LogP contribution in [0.1, 0.15) is 38.7 Å². The SMILES string of the molecule is CC(C)Oc1ccccc1CN1CCC(C(=O)NCCCO)CC1. The molecule has 24 heavy (non-hydrogen) atoms. The third-order valence-electron chi connectivity index (χ3n) is 4.32. The number of nitrogens with zero attached hydrogens (tertiary/aromatic N) is 1. The number of hydrogen-bond donors (Lipinski definition) is 2. The molecule has 5 nitrogen and oxygen atoms in total. The van der Waals surface area contributed by atoms with Gasteiger partial charge in [0.15, 0.2) is 0 Å². The zero-order valence-electron chi connectivity index (χ0n) is 14.8. The van der Waals surface area contributed by atoms with Gasteiger partial charge < -0.3 is 15.2 Å². The number of aliphatic hydroxyl groups is 1. The van der Waals surface area contributed by atoms with Crippen molar-refractivity contribution in [3.05, 3.63) is 29.8 Å². The first-order valence-corrected chi connectivity index (χ1v) is 8.95. The number of piperidine rings is 1. The summed E-state index contributed by atoms with van der Waals surface area (Å²) in [5.41, 5.74) is 1.21. The van der Waals surface area contributed by atoms with Crippen molar-refractivity contribution in [1.29, 1.82) is 0 Å². The van der Waals surface area contributed by atoms with Gasteiger partial charge in [-0.05, 0) is 52.3 Å². The van der Waals surface area contributed by atoms with E-state index in [2.05, 4.69) is 16.3 Å². The number of nitrogens with one attached hydrogen (secondary N) is 1. The molecule has 0 saturated carbocycles. The Kier molecular flexibility index (Phi) is 7.53. The van der Waals surface area contributed by atoms with E-state index in [4.69, 9.17) is 9.84 Å². The smallest absolute Gasteiger partial charge is 0.223 e. The van der Waals surface area contributed by atoms with Crippen LogP contribution in [0.5, 0.6) is 5.75 Å². The molecule has 0 radical (unpaired) electrons. The number of carbonyl (C=O) groups excluding carboxylic acids is 1. The lowest BCUT2D eigenvalue weighted by Gasteiger charge is -2.31. The summed E-state index contributed by atoms with van der Waals surface area (Å²) < 4.78 is 5.89. The number of benzene rings is 1. The second-order valence-electron chi connectivity index (χ2n) is 6.69. The fraction of sp³-hybridized carbons (Fsp3) is 0.632. The number of amides is 1. The highest BCUT2D eigenvalue weighted by molar-refractivity contribution is 5.78. The molecule has 0 atom stereocenters. The van der Waals surface area contributed by atoms with Crippen LogP contribution in [0.15, 0.2) is 24.3 Å². The monoisotopic (exact) mass is 334 g/mol. The van der Waals surface area contributed by atoms with Gasteiger partial charge in [-0.25, -0.2) is 0 Å². The third kappa shape index (κ3) is 5.80. The Morgan fingerprint density at radius 1 is 1.33 bits per heavy atom. The average Bonchev–Trinajstić information content (AvgIpc) is 2.57. The molecule has 1 aliphatic heterocycles. The number of carbonyl (C=O) groups is 1. The van der Waals surface area contributed by atoms with Crippen LogP contribution in [0, 0.1) is 5.92 Å². The Morgan fingerprint density at radius 3 is 2.71 bits per heavy atom. The molecule has 1 aromatic carbocycles. The van der Waals surface area contributed by atoms with Crippen LogP contribution < -0.4 is 10.1 Å².